The van der Waals surface area contributed by atoms with Crippen LogP contribution < -0.4 is 5.32 Å². The van der Waals surface area contributed by atoms with Gasteiger partial charge in [0.1, 0.15) is 5.82 Å². The first kappa shape index (κ1) is 21.5. The van der Waals surface area contributed by atoms with Crippen molar-refractivity contribution < 1.29 is 17.6 Å². The number of benzene rings is 2. The van der Waals surface area contributed by atoms with Crippen molar-refractivity contribution in [1.82, 2.24) is 9.62 Å². The van der Waals surface area contributed by atoms with Crippen LogP contribution in [0.25, 0.3) is 0 Å². The van der Waals surface area contributed by atoms with Crippen LogP contribution in [0.4, 0.5) is 4.39 Å². The lowest BCUT2D eigenvalue weighted by molar-refractivity contribution is -0.124. The maximum absolute atomic E-state index is 13.4. The number of nitrogens with zero attached hydrogens (tertiary/aromatic N) is 1. The van der Waals surface area contributed by atoms with Crippen LogP contribution in [0.3, 0.4) is 0 Å². The number of sulfonamides is 1. The van der Waals surface area contributed by atoms with Crippen LogP contribution in [0, 0.1) is 17.7 Å². The van der Waals surface area contributed by atoms with E-state index in [4.69, 9.17) is 0 Å². The fourth-order valence-electron chi connectivity index (χ4n) is 3.63. The number of carbonyl (C=O) groups is 1. The van der Waals surface area contributed by atoms with E-state index in [1.807, 2.05) is 0 Å². The first-order valence-corrected chi connectivity index (χ1v) is 11.3. The van der Waals surface area contributed by atoms with Gasteiger partial charge in [0.05, 0.1) is 10.8 Å². The van der Waals surface area contributed by atoms with E-state index in [9.17, 15) is 17.6 Å². The molecule has 0 radical (unpaired) electrons. The Balaban J connectivity index is 1.85. The van der Waals surface area contributed by atoms with Crippen LogP contribution in [-0.2, 0) is 14.8 Å². The number of hydrogen-bond acceptors (Lipinski definition) is 3. The van der Waals surface area contributed by atoms with Gasteiger partial charge in [-0.1, -0.05) is 44.2 Å². The standard InChI is InChI=1S/C22H27FN2O3S/c1-16(2)12-13-24-22(26)21-15-25(29(27,28)19-6-4-3-5-7-19)14-20(21)17-8-10-18(23)11-9-17/h3-11,16,20-21H,12-15H2,1-2H3,(H,24,26). The highest BCUT2D eigenvalue weighted by Crippen LogP contribution is 2.36. The molecule has 3 rings (SSSR count). The van der Waals surface area contributed by atoms with Gasteiger partial charge in [-0.05, 0) is 42.2 Å². The Hall–Kier alpha value is -2.25. The summed E-state index contributed by atoms with van der Waals surface area (Å²) in [6.45, 7) is 5.00. The highest BCUT2D eigenvalue weighted by molar-refractivity contribution is 7.89. The van der Waals surface area contributed by atoms with Gasteiger partial charge in [0.2, 0.25) is 15.9 Å². The minimum atomic E-state index is -3.71. The molecule has 1 N–H and O–H groups in total. The van der Waals surface area contributed by atoms with Crippen molar-refractivity contribution in [1.29, 1.82) is 0 Å². The molecule has 7 heteroatoms. The highest BCUT2D eigenvalue weighted by Gasteiger charge is 2.43. The minimum Gasteiger partial charge on any atom is -0.356 e. The molecular weight excluding hydrogens is 391 g/mol. The topological polar surface area (TPSA) is 66.5 Å². The van der Waals surface area contributed by atoms with Crippen molar-refractivity contribution in [2.45, 2.75) is 31.1 Å². The smallest absolute Gasteiger partial charge is 0.243 e. The molecule has 1 fully saturated rings. The molecule has 1 heterocycles. The van der Waals surface area contributed by atoms with E-state index < -0.39 is 15.9 Å². The Morgan fingerprint density at radius 3 is 2.38 bits per heavy atom. The van der Waals surface area contributed by atoms with Crippen molar-refractivity contribution in [3.05, 3.63) is 66.0 Å². The first-order valence-electron chi connectivity index (χ1n) is 9.87. The quantitative estimate of drug-likeness (QED) is 0.750. The zero-order chi connectivity index (χ0) is 21.0. The second-order valence-electron chi connectivity index (χ2n) is 7.87. The number of nitrogens with one attached hydrogen (secondary N) is 1. The Morgan fingerprint density at radius 2 is 1.76 bits per heavy atom. The Kier molecular flexibility index (Phi) is 6.70. The summed E-state index contributed by atoms with van der Waals surface area (Å²) in [5.74, 6) is -0.912. The fraction of sp³-hybridized carbons (Fsp3) is 0.409. The van der Waals surface area contributed by atoms with Crippen molar-refractivity contribution >= 4 is 15.9 Å². The number of carbonyl (C=O) groups excluding carboxylic acids is 1. The SMILES string of the molecule is CC(C)CCNC(=O)C1CN(S(=O)(=O)c2ccccc2)CC1c1ccc(F)cc1. The second kappa shape index (κ2) is 9.05. The van der Waals surface area contributed by atoms with Gasteiger partial charge in [-0.2, -0.15) is 4.31 Å². The number of halogens is 1. The molecular formula is C22H27FN2O3S. The Labute approximate surface area is 172 Å². The summed E-state index contributed by atoms with van der Waals surface area (Å²) in [6.07, 6.45) is 0.853. The third-order valence-corrected chi connectivity index (χ3v) is 7.17. The molecule has 0 spiro atoms. The molecule has 0 aliphatic carbocycles. The molecule has 2 aromatic rings. The van der Waals surface area contributed by atoms with Gasteiger partial charge in [0.15, 0.2) is 0 Å². The zero-order valence-corrected chi connectivity index (χ0v) is 17.5. The average molecular weight is 419 g/mol. The van der Waals surface area contributed by atoms with Crippen molar-refractivity contribution in [2.75, 3.05) is 19.6 Å². The molecule has 5 nitrogen and oxygen atoms in total. The molecule has 156 valence electrons. The maximum Gasteiger partial charge on any atom is 0.243 e. The van der Waals surface area contributed by atoms with E-state index in [-0.39, 0.29) is 35.6 Å². The molecule has 29 heavy (non-hydrogen) atoms. The lowest BCUT2D eigenvalue weighted by Crippen LogP contribution is -2.36. The van der Waals surface area contributed by atoms with E-state index in [2.05, 4.69) is 19.2 Å². The lowest BCUT2D eigenvalue weighted by atomic mass is 9.88. The van der Waals surface area contributed by atoms with Crippen LogP contribution in [0.2, 0.25) is 0 Å². The normalized spacial score (nSPS) is 20.1. The molecule has 0 bridgehead atoms. The van der Waals surface area contributed by atoms with Crippen molar-refractivity contribution in [3.63, 3.8) is 0 Å². The zero-order valence-electron chi connectivity index (χ0n) is 16.7. The van der Waals surface area contributed by atoms with Crippen LogP contribution in [0.15, 0.2) is 59.5 Å². The summed E-state index contributed by atoms with van der Waals surface area (Å²) in [4.78, 5) is 13.1. The average Bonchev–Trinajstić information content (AvgIpc) is 3.15. The Bertz CT molecular complexity index is 930. The molecule has 2 atom stereocenters. The van der Waals surface area contributed by atoms with Gasteiger partial charge in [-0.15, -0.1) is 0 Å². The molecule has 2 unspecified atom stereocenters. The van der Waals surface area contributed by atoms with Gasteiger partial charge in [-0.25, -0.2) is 12.8 Å². The van der Waals surface area contributed by atoms with Gasteiger partial charge in [0.25, 0.3) is 0 Å². The van der Waals surface area contributed by atoms with Gasteiger partial charge in [-0.3, -0.25) is 4.79 Å². The number of rotatable bonds is 7. The molecule has 1 amide bonds. The molecule has 1 saturated heterocycles. The van der Waals surface area contributed by atoms with Gasteiger partial charge in [0, 0.05) is 25.6 Å². The van der Waals surface area contributed by atoms with Crippen LogP contribution in [0.5, 0.6) is 0 Å². The van der Waals surface area contributed by atoms with Gasteiger partial charge >= 0.3 is 0 Å². The Morgan fingerprint density at radius 1 is 1.10 bits per heavy atom. The summed E-state index contributed by atoms with van der Waals surface area (Å²) in [7, 11) is -3.71. The highest BCUT2D eigenvalue weighted by atomic mass is 32.2. The number of amides is 1. The monoisotopic (exact) mass is 418 g/mol. The van der Waals surface area contributed by atoms with E-state index in [1.54, 1.807) is 42.5 Å². The van der Waals surface area contributed by atoms with E-state index in [1.165, 1.54) is 16.4 Å². The lowest BCUT2D eigenvalue weighted by Gasteiger charge is -2.18. The van der Waals surface area contributed by atoms with E-state index in [0.717, 1.165) is 12.0 Å². The first-order chi connectivity index (χ1) is 13.8. The van der Waals surface area contributed by atoms with Crippen LogP contribution >= 0.6 is 0 Å². The predicted octanol–water partition coefficient (Wildman–Crippen LogP) is 3.39. The largest absolute Gasteiger partial charge is 0.356 e. The molecule has 1 aliphatic rings. The van der Waals surface area contributed by atoms with Crippen molar-refractivity contribution in [2.24, 2.45) is 11.8 Å². The summed E-state index contributed by atoms with van der Waals surface area (Å²) < 4.78 is 40.9. The summed E-state index contributed by atoms with van der Waals surface area (Å²) in [5.41, 5.74) is 0.765. The molecule has 1 aliphatic heterocycles. The summed E-state index contributed by atoms with van der Waals surface area (Å²) in [6, 6.07) is 14.2. The third kappa shape index (κ3) is 5.03. The molecule has 0 aromatic heterocycles. The minimum absolute atomic E-state index is 0.104. The summed E-state index contributed by atoms with van der Waals surface area (Å²) in [5, 5.41) is 2.94. The predicted molar refractivity (Wildman–Crippen MR) is 110 cm³/mol. The van der Waals surface area contributed by atoms with Crippen LogP contribution in [0.1, 0.15) is 31.7 Å². The second-order valence-corrected chi connectivity index (χ2v) is 9.81. The maximum atomic E-state index is 13.4. The number of hydrogen-bond donors (Lipinski definition) is 1. The summed E-state index contributed by atoms with van der Waals surface area (Å²) >= 11 is 0. The van der Waals surface area contributed by atoms with E-state index in [0.29, 0.717) is 12.5 Å². The van der Waals surface area contributed by atoms with Crippen molar-refractivity contribution in [3.8, 4) is 0 Å². The van der Waals surface area contributed by atoms with E-state index >= 15 is 0 Å². The molecule has 0 saturated carbocycles. The fourth-order valence-corrected chi connectivity index (χ4v) is 5.15. The molecule has 2 aromatic carbocycles. The van der Waals surface area contributed by atoms with Crippen LogP contribution in [-0.4, -0.2) is 38.3 Å². The van der Waals surface area contributed by atoms with Gasteiger partial charge < -0.3 is 5.32 Å². The third-order valence-electron chi connectivity index (χ3n) is 5.32.